The maximum absolute atomic E-state index is 14.7. The lowest BCUT2D eigenvalue weighted by Gasteiger charge is -2.09. The second kappa shape index (κ2) is 9.02. The van der Waals surface area contributed by atoms with E-state index in [2.05, 4.69) is 61.0 Å². The number of aromatic nitrogens is 2. The zero-order valence-electron chi connectivity index (χ0n) is 17.2. The van der Waals surface area contributed by atoms with Crippen LogP contribution in [0.4, 0.5) is 4.39 Å². The fourth-order valence-corrected chi connectivity index (χ4v) is 4.44. The van der Waals surface area contributed by atoms with Crippen LogP contribution in [0.3, 0.4) is 0 Å². The molecule has 3 nitrogen and oxygen atoms in total. The summed E-state index contributed by atoms with van der Waals surface area (Å²) in [5, 5.41) is 4.15. The third-order valence-electron chi connectivity index (χ3n) is 5.60. The summed E-state index contributed by atoms with van der Waals surface area (Å²) in [7, 11) is 0. The molecule has 0 bridgehead atoms. The first-order chi connectivity index (χ1) is 15.6. The van der Waals surface area contributed by atoms with Crippen molar-refractivity contribution in [1.29, 1.82) is 0 Å². The molecule has 0 saturated heterocycles. The lowest BCUT2D eigenvalue weighted by molar-refractivity contribution is 0.630. The van der Waals surface area contributed by atoms with Gasteiger partial charge in [0.15, 0.2) is 0 Å². The largest absolute Gasteiger partial charge is 0.312 e. The van der Waals surface area contributed by atoms with Crippen molar-refractivity contribution in [2.75, 3.05) is 6.54 Å². The second-order valence-corrected chi connectivity index (χ2v) is 9.05. The van der Waals surface area contributed by atoms with Crippen LogP contribution in [0.5, 0.6) is 0 Å². The van der Waals surface area contributed by atoms with Gasteiger partial charge in [0.1, 0.15) is 5.82 Å². The van der Waals surface area contributed by atoms with Crippen molar-refractivity contribution in [3.63, 3.8) is 0 Å². The average Bonchev–Trinajstić information content (AvgIpc) is 3.16. The summed E-state index contributed by atoms with van der Waals surface area (Å²) in [5.74, 6) is -0.249. The van der Waals surface area contributed by atoms with Crippen molar-refractivity contribution in [2.24, 2.45) is 0 Å². The van der Waals surface area contributed by atoms with Gasteiger partial charge < -0.3 is 9.72 Å². The zero-order chi connectivity index (χ0) is 22.1. The van der Waals surface area contributed by atoms with E-state index in [1.165, 1.54) is 11.6 Å². The Balaban J connectivity index is 1.51. The molecule has 3 aromatic carbocycles. The first-order valence-electron chi connectivity index (χ1n) is 10.4. The fourth-order valence-electron chi connectivity index (χ4n) is 4.01. The summed E-state index contributed by atoms with van der Waals surface area (Å²) in [6.07, 6.45) is 2.77. The number of hydrogen-bond acceptors (Lipinski definition) is 2. The Morgan fingerprint density at radius 2 is 1.78 bits per heavy atom. The lowest BCUT2D eigenvalue weighted by Crippen LogP contribution is -2.16. The van der Waals surface area contributed by atoms with Crippen LogP contribution in [0.25, 0.3) is 27.8 Å². The Labute approximate surface area is 199 Å². The predicted octanol–water partition coefficient (Wildman–Crippen LogP) is 7.04. The van der Waals surface area contributed by atoms with Gasteiger partial charge in [-0.15, -0.1) is 0 Å². The maximum Gasteiger partial charge on any atom is 0.132 e. The molecule has 0 aliphatic heterocycles. The minimum absolute atomic E-state index is 0.249. The molecular weight excluding hydrogens is 489 g/mol. The van der Waals surface area contributed by atoms with Gasteiger partial charge >= 0.3 is 0 Å². The number of hydrogen-bond donors (Lipinski definition) is 1. The highest BCUT2D eigenvalue weighted by Crippen LogP contribution is 2.31. The molecule has 0 spiro atoms. The Morgan fingerprint density at radius 1 is 0.969 bits per heavy atom. The Bertz CT molecular complexity index is 1410. The molecule has 5 aromatic rings. The minimum Gasteiger partial charge on any atom is -0.312 e. The highest BCUT2D eigenvalue weighted by Gasteiger charge is 2.16. The van der Waals surface area contributed by atoms with Crippen LogP contribution < -0.4 is 5.32 Å². The van der Waals surface area contributed by atoms with Crippen LogP contribution in [-0.2, 0) is 13.0 Å². The molecule has 2 heterocycles. The molecule has 0 saturated carbocycles. The van der Waals surface area contributed by atoms with E-state index >= 15 is 0 Å². The van der Waals surface area contributed by atoms with E-state index in [0.29, 0.717) is 17.1 Å². The number of nitrogens with one attached hydrogen (secondary N) is 1. The number of benzene rings is 3. The minimum atomic E-state index is -0.249. The summed E-state index contributed by atoms with van der Waals surface area (Å²) in [5.41, 5.74) is 6.33. The quantitative estimate of drug-likeness (QED) is 0.249. The molecule has 32 heavy (non-hydrogen) atoms. The van der Waals surface area contributed by atoms with Gasteiger partial charge in [-0.25, -0.2) is 4.39 Å². The molecule has 2 aromatic heterocycles. The first-order valence-corrected chi connectivity index (χ1v) is 11.6. The van der Waals surface area contributed by atoms with Crippen molar-refractivity contribution in [3.8, 4) is 11.3 Å². The van der Waals surface area contributed by atoms with Crippen LogP contribution in [-0.4, -0.2) is 15.9 Å². The van der Waals surface area contributed by atoms with Gasteiger partial charge in [-0.3, -0.25) is 4.98 Å². The van der Waals surface area contributed by atoms with E-state index in [9.17, 15) is 4.39 Å². The molecular formula is C26H20BrClFN3. The number of nitrogens with zero attached hydrogens (tertiary/aromatic N) is 2. The summed E-state index contributed by atoms with van der Waals surface area (Å²) in [6, 6.07) is 22.9. The van der Waals surface area contributed by atoms with Gasteiger partial charge in [0.05, 0.1) is 28.4 Å². The molecule has 0 radical (unpaired) electrons. The van der Waals surface area contributed by atoms with Gasteiger partial charge in [0.2, 0.25) is 0 Å². The van der Waals surface area contributed by atoms with Gasteiger partial charge in [0.25, 0.3) is 0 Å². The highest BCUT2D eigenvalue weighted by molar-refractivity contribution is 9.10. The summed E-state index contributed by atoms with van der Waals surface area (Å²) in [6.45, 7) is 1.50. The molecule has 160 valence electrons. The molecule has 0 aliphatic carbocycles. The van der Waals surface area contributed by atoms with Gasteiger partial charge in [-0.05, 0) is 72.6 Å². The van der Waals surface area contributed by atoms with E-state index in [0.717, 1.165) is 45.2 Å². The molecule has 6 heteroatoms. The van der Waals surface area contributed by atoms with E-state index in [4.69, 9.17) is 11.6 Å². The highest BCUT2D eigenvalue weighted by atomic mass is 79.9. The smallest absolute Gasteiger partial charge is 0.132 e. The zero-order valence-corrected chi connectivity index (χ0v) is 19.5. The third kappa shape index (κ3) is 4.16. The maximum atomic E-state index is 14.7. The van der Waals surface area contributed by atoms with Gasteiger partial charge in [-0.2, -0.15) is 0 Å². The van der Waals surface area contributed by atoms with Crippen molar-refractivity contribution < 1.29 is 4.39 Å². The van der Waals surface area contributed by atoms with Crippen LogP contribution in [0.15, 0.2) is 83.5 Å². The van der Waals surface area contributed by atoms with Crippen molar-refractivity contribution in [2.45, 2.75) is 13.0 Å². The van der Waals surface area contributed by atoms with Crippen molar-refractivity contribution in [3.05, 3.63) is 105 Å². The van der Waals surface area contributed by atoms with Gasteiger partial charge in [-0.1, -0.05) is 51.8 Å². The molecule has 1 N–H and O–H groups in total. The molecule has 5 rings (SSSR count). The van der Waals surface area contributed by atoms with Crippen LogP contribution in [0, 0.1) is 5.82 Å². The Hall–Kier alpha value is -2.73. The topological polar surface area (TPSA) is 29.3 Å². The molecule has 0 fully saturated rings. The summed E-state index contributed by atoms with van der Waals surface area (Å²) >= 11 is 9.65. The predicted molar refractivity (Wildman–Crippen MR) is 133 cm³/mol. The van der Waals surface area contributed by atoms with E-state index in [1.54, 1.807) is 6.07 Å². The second-order valence-electron chi connectivity index (χ2n) is 7.70. The van der Waals surface area contributed by atoms with Crippen LogP contribution in [0.1, 0.15) is 11.1 Å². The molecule has 0 unspecified atom stereocenters. The van der Waals surface area contributed by atoms with E-state index < -0.39 is 0 Å². The van der Waals surface area contributed by atoms with E-state index in [1.807, 2.05) is 36.5 Å². The molecule has 0 amide bonds. The number of fused-ring (bicyclic) bond motifs is 3. The third-order valence-corrected chi connectivity index (χ3v) is 6.36. The van der Waals surface area contributed by atoms with Crippen molar-refractivity contribution in [1.82, 2.24) is 14.7 Å². The van der Waals surface area contributed by atoms with Crippen LogP contribution >= 0.6 is 27.5 Å². The summed E-state index contributed by atoms with van der Waals surface area (Å²) < 4.78 is 17.9. The lowest BCUT2D eigenvalue weighted by atomic mass is 10.1. The first kappa shape index (κ1) is 21.1. The normalized spacial score (nSPS) is 11.5. The molecule has 0 atom stereocenters. The Kier molecular flexibility index (Phi) is 5.96. The van der Waals surface area contributed by atoms with Crippen LogP contribution in [0.2, 0.25) is 5.02 Å². The summed E-state index contributed by atoms with van der Waals surface area (Å²) in [4.78, 5) is 4.61. The van der Waals surface area contributed by atoms with Gasteiger partial charge in [0, 0.05) is 21.6 Å². The SMILES string of the molecule is Fc1ccccc1-c1cc(CNCCc2ccc(Br)cc2)c2cnc3cc(Cl)ccc3n12. The number of rotatable bonds is 6. The Morgan fingerprint density at radius 3 is 2.59 bits per heavy atom. The van der Waals surface area contributed by atoms with E-state index in [-0.39, 0.29) is 5.82 Å². The molecule has 0 aliphatic rings. The average molecular weight is 509 g/mol. The number of halogens is 3. The standard InChI is InChI=1S/C26H20BrClFN3/c27-19-7-5-17(6-8-19)11-12-30-15-18-13-25(21-3-1-2-4-22(21)29)32-24-10-9-20(28)14-23(24)31-16-26(18)32/h1-10,13-14,16,30H,11-12,15H2. The van der Waals surface area contributed by atoms with Crippen molar-refractivity contribution >= 4 is 44.1 Å². The monoisotopic (exact) mass is 507 g/mol. The fraction of sp³-hybridized carbons (Fsp3) is 0.115.